The molecule has 1 atom stereocenters. The Balaban J connectivity index is 4.31. The van der Waals surface area contributed by atoms with Crippen molar-refractivity contribution in [3.8, 4) is 0 Å². The van der Waals surface area contributed by atoms with Gasteiger partial charge in [0, 0.05) is 19.3 Å². The van der Waals surface area contributed by atoms with E-state index in [1.54, 1.807) is 0 Å². The normalized spacial score (nSPS) is 11.8. The average Bonchev–Trinajstić information content (AvgIpc) is 3.06. The Morgan fingerprint density at radius 3 is 0.851 bits per heavy atom. The highest BCUT2D eigenvalue weighted by Gasteiger charge is 2.19. The molecule has 0 N–H and O–H groups in total. The van der Waals surface area contributed by atoms with Crippen molar-refractivity contribution >= 4 is 17.9 Å². The molecule has 0 rings (SSSR count). The van der Waals surface area contributed by atoms with Gasteiger partial charge in [0.2, 0.25) is 0 Å². The number of unbranched alkanes of at least 4 members (excludes halogenated alkanes) is 26. The Morgan fingerprint density at radius 2 is 0.574 bits per heavy atom. The molecule has 0 spiro atoms. The van der Waals surface area contributed by atoms with Gasteiger partial charge < -0.3 is 14.2 Å². The number of rotatable bonds is 37. The summed E-state index contributed by atoms with van der Waals surface area (Å²) < 4.78 is 16.6. The van der Waals surface area contributed by atoms with Crippen LogP contribution in [0, 0.1) is 0 Å². The molecule has 0 bridgehead atoms. The first-order valence-corrected chi connectivity index (χ1v) is 20.5. The molecule has 6 heteroatoms. The monoisotopic (exact) mass is 667 g/mol. The van der Waals surface area contributed by atoms with Crippen molar-refractivity contribution in [1.82, 2.24) is 0 Å². The van der Waals surface area contributed by atoms with E-state index in [9.17, 15) is 14.4 Å². The van der Waals surface area contributed by atoms with Crippen LogP contribution < -0.4 is 0 Å². The molecule has 0 aromatic rings. The fourth-order valence-corrected chi connectivity index (χ4v) is 5.97. The number of esters is 3. The lowest BCUT2D eigenvalue weighted by Crippen LogP contribution is -2.30. The molecular weight excluding hydrogens is 588 g/mol. The van der Waals surface area contributed by atoms with Crippen molar-refractivity contribution in [2.45, 2.75) is 232 Å². The second-order valence-electron chi connectivity index (χ2n) is 13.9. The van der Waals surface area contributed by atoms with E-state index in [1.807, 2.05) is 0 Å². The highest BCUT2D eigenvalue weighted by Crippen LogP contribution is 2.15. The van der Waals surface area contributed by atoms with Crippen LogP contribution in [0.15, 0.2) is 0 Å². The standard InChI is InChI=1S/C41H78O6/c1-4-7-10-13-16-18-20-22-25-28-31-34-40(43)46-37-38(36-45-39(42)33-30-27-24-15-12-9-6-3)47-41(44)35-32-29-26-23-21-19-17-14-11-8-5-2/h38H,4-37H2,1-3H3/t38-/m1/s1. The fourth-order valence-electron chi connectivity index (χ4n) is 5.97. The SMILES string of the molecule is CCCCCCCCCCCCCC(=O)OC[C@@H](COC(=O)CCCCCCCCC)OC(=O)CCCCCCCCCCCCC. The fraction of sp³-hybridized carbons (Fsp3) is 0.927. The third-order valence-corrected chi connectivity index (χ3v) is 9.11. The number of hydrogen-bond acceptors (Lipinski definition) is 6. The van der Waals surface area contributed by atoms with Crippen LogP contribution in [0.1, 0.15) is 226 Å². The maximum absolute atomic E-state index is 12.6. The third kappa shape index (κ3) is 35.5. The minimum absolute atomic E-state index is 0.0639. The van der Waals surface area contributed by atoms with Crippen LogP contribution in [0.2, 0.25) is 0 Å². The molecule has 0 aromatic heterocycles. The lowest BCUT2D eigenvalue weighted by atomic mass is 10.1. The van der Waals surface area contributed by atoms with E-state index in [4.69, 9.17) is 14.2 Å². The van der Waals surface area contributed by atoms with Crippen molar-refractivity contribution in [2.75, 3.05) is 13.2 Å². The molecule has 0 aliphatic heterocycles. The van der Waals surface area contributed by atoms with Gasteiger partial charge in [-0.1, -0.05) is 188 Å². The zero-order valence-corrected chi connectivity index (χ0v) is 31.6. The molecule has 0 fully saturated rings. The number of carbonyl (C=O) groups is 3. The topological polar surface area (TPSA) is 78.9 Å². The maximum Gasteiger partial charge on any atom is 0.306 e. The van der Waals surface area contributed by atoms with Crippen LogP contribution in [0.4, 0.5) is 0 Å². The van der Waals surface area contributed by atoms with Gasteiger partial charge in [-0.3, -0.25) is 14.4 Å². The van der Waals surface area contributed by atoms with Crippen molar-refractivity contribution in [3.63, 3.8) is 0 Å². The molecule has 0 saturated heterocycles. The zero-order valence-electron chi connectivity index (χ0n) is 31.6. The maximum atomic E-state index is 12.6. The minimum atomic E-state index is -0.755. The Morgan fingerprint density at radius 1 is 0.340 bits per heavy atom. The van der Waals surface area contributed by atoms with E-state index in [0.29, 0.717) is 19.3 Å². The van der Waals surface area contributed by atoms with E-state index in [2.05, 4.69) is 20.8 Å². The van der Waals surface area contributed by atoms with Gasteiger partial charge >= 0.3 is 17.9 Å². The summed E-state index contributed by atoms with van der Waals surface area (Å²) in [6, 6.07) is 0. The van der Waals surface area contributed by atoms with Gasteiger partial charge in [0.25, 0.3) is 0 Å². The van der Waals surface area contributed by atoms with Crippen LogP contribution in [0.25, 0.3) is 0 Å². The first-order valence-electron chi connectivity index (χ1n) is 20.5. The molecule has 0 aliphatic rings. The molecule has 47 heavy (non-hydrogen) atoms. The van der Waals surface area contributed by atoms with Gasteiger partial charge in [0.15, 0.2) is 6.10 Å². The molecule has 0 aliphatic carbocycles. The Labute approximate surface area is 291 Å². The van der Waals surface area contributed by atoms with Crippen molar-refractivity contribution in [3.05, 3.63) is 0 Å². The summed E-state index contributed by atoms with van der Waals surface area (Å²) in [4.78, 5) is 37.4. The highest BCUT2D eigenvalue weighted by molar-refractivity contribution is 5.71. The molecule has 0 saturated carbocycles. The van der Waals surface area contributed by atoms with Crippen LogP contribution in [0.5, 0.6) is 0 Å². The molecule has 0 unspecified atom stereocenters. The molecule has 278 valence electrons. The van der Waals surface area contributed by atoms with Gasteiger partial charge in [-0.15, -0.1) is 0 Å². The largest absolute Gasteiger partial charge is 0.462 e. The summed E-state index contributed by atoms with van der Waals surface area (Å²) in [6.45, 7) is 6.58. The summed E-state index contributed by atoms with van der Waals surface area (Å²) in [5.41, 5.74) is 0. The summed E-state index contributed by atoms with van der Waals surface area (Å²) in [5, 5.41) is 0. The van der Waals surface area contributed by atoms with Crippen molar-refractivity contribution in [2.24, 2.45) is 0 Å². The van der Waals surface area contributed by atoms with E-state index in [-0.39, 0.29) is 31.1 Å². The Hall–Kier alpha value is -1.59. The molecule has 0 radical (unpaired) electrons. The highest BCUT2D eigenvalue weighted by atomic mass is 16.6. The second-order valence-corrected chi connectivity index (χ2v) is 13.9. The Kier molecular flexibility index (Phi) is 36.0. The van der Waals surface area contributed by atoms with Crippen LogP contribution >= 0.6 is 0 Å². The van der Waals surface area contributed by atoms with Crippen LogP contribution in [0.3, 0.4) is 0 Å². The summed E-state index contributed by atoms with van der Waals surface area (Å²) in [7, 11) is 0. The Bertz CT molecular complexity index is 693. The first kappa shape index (κ1) is 45.4. The first-order chi connectivity index (χ1) is 23.0. The van der Waals surface area contributed by atoms with Crippen molar-refractivity contribution < 1.29 is 28.6 Å². The zero-order chi connectivity index (χ0) is 34.5. The average molecular weight is 667 g/mol. The minimum Gasteiger partial charge on any atom is -0.462 e. The lowest BCUT2D eigenvalue weighted by molar-refractivity contribution is -0.167. The molecule has 0 aromatic carbocycles. The summed E-state index contributed by atoms with van der Waals surface area (Å²) in [5.74, 6) is -0.866. The van der Waals surface area contributed by atoms with E-state index in [0.717, 1.165) is 57.8 Å². The molecule has 0 amide bonds. The molecular formula is C41H78O6. The smallest absolute Gasteiger partial charge is 0.306 e. The predicted molar refractivity (Wildman–Crippen MR) is 197 cm³/mol. The summed E-state index contributed by atoms with van der Waals surface area (Å²) in [6.07, 6.45) is 35.2. The van der Waals surface area contributed by atoms with Crippen molar-refractivity contribution in [1.29, 1.82) is 0 Å². The number of ether oxygens (including phenoxy) is 3. The van der Waals surface area contributed by atoms with Gasteiger partial charge in [-0.2, -0.15) is 0 Å². The van der Waals surface area contributed by atoms with Gasteiger partial charge in [-0.05, 0) is 19.3 Å². The second kappa shape index (κ2) is 37.2. The van der Waals surface area contributed by atoms with E-state index in [1.165, 1.54) is 128 Å². The summed E-state index contributed by atoms with van der Waals surface area (Å²) >= 11 is 0. The van der Waals surface area contributed by atoms with Gasteiger partial charge in [-0.25, -0.2) is 0 Å². The van der Waals surface area contributed by atoms with E-state index < -0.39 is 6.10 Å². The van der Waals surface area contributed by atoms with Gasteiger partial charge in [0.05, 0.1) is 0 Å². The van der Waals surface area contributed by atoms with Crippen LogP contribution in [-0.2, 0) is 28.6 Å². The van der Waals surface area contributed by atoms with Crippen LogP contribution in [-0.4, -0.2) is 37.2 Å². The lowest BCUT2D eigenvalue weighted by Gasteiger charge is -2.18. The molecule has 6 nitrogen and oxygen atoms in total. The molecule has 0 heterocycles. The number of carbonyl (C=O) groups excluding carboxylic acids is 3. The quantitative estimate of drug-likeness (QED) is 0.0373. The van der Waals surface area contributed by atoms with E-state index >= 15 is 0 Å². The number of hydrogen-bond donors (Lipinski definition) is 0. The predicted octanol–water partition coefficient (Wildman–Crippen LogP) is 12.5. The van der Waals surface area contributed by atoms with Gasteiger partial charge in [0.1, 0.15) is 13.2 Å². The third-order valence-electron chi connectivity index (χ3n) is 9.11.